The van der Waals surface area contributed by atoms with Gasteiger partial charge in [-0.3, -0.25) is 0 Å². The van der Waals surface area contributed by atoms with Crippen LogP contribution in [-0.4, -0.2) is 52.3 Å². The molecule has 1 atom stereocenters. The average Bonchev–Trinajstić information content (AvgIpc) is 2.39. The van der Waals surface area contributed by atoms with Crippen LogP contribution in [-0.2, 0) is 0 Å². The average molecular weight is 286 g/mol. The summed E-state index contributed by atoms with van der Waals surface area (Å²) >= 11 is 5.99. The van der Waals surface area contributed by atoms with Crippen molar-refractivity contribution in [2.24, 2.45) is 0 Å². The van der Waals surface area contributed by atoms with Crippen molar-refractivity contribution in [3.05, 3.63) is 5.28 Å². The van der Waals surface area contributed by atoms with Gasteiger partial charge in [0.15, 0.2) is 0 Å². The van der Waals surface area contributed by atoms with E-state index in [0.717, 1.165) is 32.5 Å². The second-order valence-corrected chi connectivity index (χ2v) is 4.96. The van der Waals surface area contributed by atoms with Crippen LogP contribution >= 0.6 is 11.6 Å². The summed E-state index contributed by atoms with van der Waals surface area (Å²) in [6.07, 6.45) is 1.45. The predicted octanol–water partition coefficient (Wildman–Crippen LogP) is 1.33. The number of anilines is 2. The highest BCUT2D eigenvalue weighted by Crippen LogP contribution is 2.20. The minimum Gasteiger partial charge on any atom is -0.391 e. The van der Waals surface area contributed by atoms with Gasteiger partial charge in [0.25, 0.3) is 0 Å². The van der Waals surface area contributed by atoms with Gasteiger partial charge in [0.05, 0.1) is 6.10 Å². The normalized spacial score (nSPS) is 19.6. The molecule has 1 aliphatic rings. The van der Waals surface area contributed by atoms with E-state index in [4.69, 9.17) is 11.6 Å². The second-order valence-electron chi connectivity index (χ2n) is 4.62. The molecule has 0 saturated carbocycles. The number of aliphatic hydroxyl groups is 1. The summed E-state index contributed by atoms with van der Waals surface area (Å²) in [6, 6.07) is 0. The molecular formula is C12H20ClN5O. The molecule has 1 N–H and O–H groups in total. The molecule has 0 spiro atoms. The molecule has 1 aromatic heterocycles. The van der Waals surface area contributed by atoms with Crippen molar-refractivity contribution in [1.29, 1.82) is 0 Å². The number of nitrogens with zero attached hydrogens (tertiary/aromatic N) is 5. The third kappa shape index (κ3) is 3.45. The fraction of sp³-hybridized carbons (Fsp3) is 0.750. The standard InChI is InChI=1S/C12H20ClN5O/c1-3-17(4-2)11-14-10(13)15-12(16-11)18-7-5-6-9(19)8-18/h9,19H,3-8H2,1-2H3. The molecule has 1 aromatic rings. The Labute approximate surface area is 118 Å². The zero-order valence-electron chi connectivity index (χ0n) is 11.4. The monoisotopic (exact) mass is 285 g/mol. The Bertz CT molecular complexity index is 427. The lowest BCUT2D eigenvalue weighted by atomic mass is 10.1. The molecule has 0 aromatic carbocycles. The quantitative estimate of drug-likeness (QED) is 0.900. The molecule has 1 unspecified atom stereocenters. The fourth-order valence-corrected chi connectivity index (χ4v) is 2.41. The van der Waals surface area contributed by atoms with Crippen LogP contribution in [0.25, 0.3) is 0 Å². The zero-order valence-corrected chi connectivity index (χ0v) is 12.1. The largest absolute Gasteiger partial charge is 0.391 e. The Morgan fingerprint density at radius 1 is 1.32 bits per heavy atom. The Morgan fingerprint density at radius 2 is 2.05 bits per heavy atom. The van der Waals surface area contributed by atoms with Gasteiger partial charge >= 0.3 is 0 Å². The predicted molar refractivity (Wildman–Crippen MR) is 75.9 cm³/mol. The van der Waals surface area contributed by atoms with E-state index >= 15 is 0 Å². The van der Waals surface area contributed by atoms with Crippen LogP contribution in [0.5, 0.6) is 0 Å². The molecular weight excluding hydrogens is 266 g/mol. The van der Waals surface area contributed by atoms with Crippen LogP contribution in [0.3, 0.4) is 0 Å². The second kappa shape index (κ2) is 6.34. The summed E-state index contributed by atoms with van der Waals surface area (Å²) in [5, 5.41) is 9.93. The first-order valence-electron chi connectivity index (χ1n) is 6.73. The third-order valence-electron chi connectivity index (χ3n) is 3.31. The van der Waals surface area contributed by atoms with Crippen molar-refractivity contribution < 1.29 is 5.11 Å². The topological polar surface area (TPSA) is 65.4 Å². The van der Waals surface area contributed by atoms with Crippen LogP contribution in [0.4, 0.5) is 11.9 Å². The number of piperidine rings is 1. The van der Waals surface area contributed by atoms with E-state index in [9.17, 15) is 5.11 Å². The van der Waals surface area contributed by atoms with Crippen LogP contribution in [0.1, 0.15) is 26.7 Å². The molecule has 7 heteroatoms. The van der Waals surface area contributed by atoms with Crippen LogP contribution in [0.2, 0.25) is 5.28 Å². The molecule has 2 heterocycles. The van der Waals surface area contributed by atoms with Crippen LogP contribution in [0, 0.1) is 0 Å². The van der Waals surface area contributed by atoms with E-state index in [2.05, 4.69) is 15.0 Å². The van der Waals surface area contributed by atoms with Gasteiger partial charge in [-0.15, -0.1) is 0 Å². The lowest BCUT2D eigenvalue weighted by molar-refractivity contribution is 0.153. The lowest BCUT2D eigenvalue weighted by Crippen LogP contribution is -2.39. The van der Waals surface area contributed by atoms with E-state index in [1.54, 1.807) is 0 Å². The van der Waals surface area contributed by atoms with Crippen LogP contribution in [0.15, 0.2) is 0 Å². The molecule has 0 aliphatic carbocycles. The van der Waals surface area contributed by atoms with Crippen molar-refractivity contribution in [3.8, 4) is 0 Å². The minimum atomic E-state index is -0.318. The number of aliphatic hydroxyl groups excluding tert-OH is 1. The maximum absolute atomic E-state index is 9.72. The highest BCUT2D eigenvalue weighted by molar-refractivity contribution is 6.28. The SMILES string of the molecule is CCN(CC)c1nc(Cl)nc(N2CCCC(O)C2)n1. The number of rotatable bonds is 4. The Balaban J connectivity index is 2.25. The summed E-state index contributed by atoms with van der Waals surface area (Å²) in [5.41, 5.74) is 0. The number of hydrogen-bond acceptors (Lipinski definition) is 6. The van der Waals surface area contributed by atoms with Gasteiger partial charge in [-0.2, -0.15) is 15.0 Å². The van der Waals surface area contributed by atoms with Gasteiger partial charge in [0.1, 0.15) is 0 Å². The molecule has 1 aliphatic heterocycles. The molecule has 2 rings (SSSR count). The summed E-state index contributed by atoms with van der Waals surface area (Å²) in [7, 11) is 0. The lowest BCUT2D eigenvalue weighted by Gasteiger charge is -2.30. The molecule has 1 saturated heterocycles. The van der Waals surface area contributed by atoms with E-state index in [1.807, 2.05) is 23.6 Å². The first-order chi connectivity index (χ1) is 9.13. The van der Waals surface area contributed by atoms with Gasteiger partial charge in [-0.1, -0.05) is 0 Å². The summed E-state index contributed by atoms with van der Waals surface area (Å²) < 4.78 is 0. The van der Waals surface area contributed by atoms with E-state index in [-0.39, 0.29) is 11.4 Å². The van der Waals surface area contributed by atoms with E-state index < -0.39 is 0 Å². The molecule has 0 bridgehead atoms. The number of aromatic nitrogens is 3. The van der Waals surface area contributed by atoms with Crippen molar-refractivity contribution in [1.82, 2.24) is 15.0 Å². The van der Waals surface area contributed by atoms with Crippen molar-refractivity contribution in [2.75, 3.05) is 36.0 Å². The molecule has 6 nitrogen and oxygen atoms in total. The summed E-state index contributed by atoms with van der Waals surface area (Å²) in [5.74, 6) is 1.15. The highest BCUT2D eigenvalue weighted by Gasteiger charge is 2.21. The highest BCUT2D eigenvalue weighted by atomic mass is 35.5. The van der Waals surface area contributed by atoms with E-state index in [1.165, 1.54) is 0 Å². The number of β-amino-alcohol motifs (C(OH)–C–C–N with tert-alkyl or cyclic N) is 1. The number of halogens is 1. The van der Waals surface area contributed by atoms with Crippen molar-refractivity contribution in [3.63, 3.8) is 0 Å². The minimum absolute atomic E-state index is 0.201. The van der Waals surface area contributed by atoms with Crippen LogP contribution < -0.4 is 9.80 Å². The van der Waals surface area contributed by atoms with Gasteiger partial charge in [-0.25, -0.2) is 0 Å². The maximum Gasteiger partial charge on any atom is 0.231 e. The van der Waals surface area contributed by atoms with Gasteiger partial charge in [0.2, 0.25) is 17.2 Å². The molecule has 1 fully saturated rings. The summed E-state index contributed by atoms with van der Waals surface area (Å²) in [4.78, 5) is 16.8. The first-order valence-corrected chi connectivity index (χ1v) is 7.11. The van der Waals surface area contributed by atoms with Crippen molar-refractivity contribution >= 4 is 23.5 Å². The van der Waals surface area contributed by atoms with Gasteiger partial charge in [-0.05, 0) is 38.3 Å². The van der Waals surface area contributed by atoms with Gasteiger partial charge < -0.3 is 14.9 Å². The Kier molecular flexibility index (Phi) is 4.76. The van der Waals surface area contributed by atoms with E-state index in [0.29, 0.717) is 18.4 Å². The third-order valence-corrected chi connectivity index (χ3v) is 3.48. The summed E-state index contributed by atoms with van der Waals surface area (Å²) in [6.45, 7) is 7.13. The van der Waals surface area contributed by atoms with Crippen molar-refractivity contribution in [2.45, 2.75) is 32.8 Å². The number of hydrogen-bond donors (Lipinski definition) is 1. The first kappa shape index (κ1) is 14.3. The van der Waals surface area contributed by atoms with Gasteiger partial charge in [0, 0.05) is 26.2 Å². The zero-order chi connectivity index (χ0) is 13.8. The fourth-order valence-electron chi connectivity index (χ4n) is 2.26. The molecule has 19 heavy (non-hydrogen) atoms. The maximum atomic E-state index is 9.72. The Morgan fingerprint density at radius 3 is 2.68 bits per heavy atom. The smallest absolute Gasteiger partial charge is 0.231 e. The molecule has 0 amide bonds. The molecule has 106 valence electrons. The Hall–Kier alpha value is -1.14. The molecule has 0 radical (unpaired) electrons.